The number of amidine groups is 1. The van der Waals surface area contributed by atoms with Gasteiger partial charge in [-0.3, -0.25) is 9.59 Å². The van der Waals surface area contributed by atoms with E-state index in [1.165, 1.54) is 6.08 Å². The lowest BCUT2D eigenvalue weighted by molar-refractivity contribution is -0.555. The van der Waals surface area contributed by atoms with Gasteiger partial charge >= 0.3 is 5.84 Å². The van der Waals surface area contributed by atoms with E-state index in [2.05, 4.69) is 0 Å². The van der Waals surface area contributed by atoms with Crippen LogP contribution in [0.5, 0.6) is 0 Å². The average molecular weight is 424 g/mol. The minimum atomic E-state index is -0.898. The van der Waals surface area contributed by atoms with E-state index in [1.807, 2.05) is 46.8 Å². The summed E-state index contributed by atoms with van der Waals surface area (Å²) in [5.41, 5.74) is 1.77. The van der Waals surface area contributed by atoms with Crippen molar-refractivity contribution in [3.63, 3.8) is 0 Å². The normalized spacial score (nSPS) is 20.9. The molecule has 0 unspecified atom stereocenters. The lowest BCUT2D eigenvalue weighted by atomic mass is 9.78. The number of allylic oxidation sites excluding steroid dienone is 4. The fourth-order valence-electron chi connectivity index (χ4n) is 4.12. The summed E-state index contributed by atoms with van der Waals surface area (Å²) in [5, 5.41) is 13.1. The van der Waals surface area contributed by atoms with E-state index in [9.17, 15) is 19.7 Å². The van der Waals surface area contributed by atoms with E-state index in [4.69, 9.17) is 0 Å². The molecule has 164 valence electrons. The minimum Gasteiger partial charge on any atom is -0.618 e. The van der Waals surface area contributed by atoms with Crippen LogP contribution in [0.1, 0.15) is 70.7 Å². The molecule has 6 nitrogen and oxygen atoms in total. The molecule has 31 heavy (non-hydrogen) atoms. The van der Waals surface area contributed by atoms with Crippen molar-refractivity contribution in [2.75, 3.05) is 0 Å². The molecule has 0 atom stereocenters. The second-order valence-corrected chi connectivity index (χ2v) is 10.6. The number of benzene rings is 1. The van der Waals surface area contributed by atoms with Gasteiger partial charge in [0, 0.05) is 38.2 Å². The zero-order valence-electron chi connectivity index (χ0n) is 19.8. The van der Waals surface area contributed by atoms with Crippen LogP contribution < -0.4 is 0 Å². The first kappa shape index (κ1) is 22.8. The number of hydrogen-bond acceptors (Lipinski definition) is 4. The molecule has 1 aliphatic carbocycles. The molecule has 3 rings (SSSR count). The van der Waals surface area contributed by atoms with Gasteiger partial charge in [0.1, 0.15) is 10.3 Å². The Balaban J connectivity index is 2.18. The summed E-state index contributed by atoms with van der Waals surface area (Å²) in [5.74, 6) is -0.908. The van der Waals surface area contributed by atoms with Crippen molar-refractivity contribution in [3.05, 3.63) is 62.2 Å². The van der Waals surface area contributed by atoms with E-state index in [-0.39, 0.29) is 5.84 Å². The lowest BCUT2D eigenvalue weighted by Crippen LogP contribution is -2.50. The molecule has 0 bridgehead atoms. The van der Waals surface area contributed by atoms with Crippen LogP contribution in [0.3, 0.4) is 0 Å². The maximum absolute atomic E-state index is 13.1. The van der Waals surface area contributed by atoms with Crippen LogP contribution in [0.25, 0.3) is 5.57 Å². The van der Waals surface area contributed by atoms with Crippen molar-refractivity contribution in [2.45, 2.75) is 73.4 Å². The number of Topliss-reactive ketones (excluding diaryl/α,β-unsaturated/α-hetero) is 1. The maximum Gasteiger partial charge on any atom is 0.505 e. The lowest BCUT2D eigenvalue weighted by Gasteiger charge is -2.24. The molecule has 0 aromatic heterocycles. The molecule has 0 fully saturated rings. The highest BCUT2D eigenvalue weighted by atomic mass is 16.5. The highest BCUT2D eigenvalue weighted by Gasteiger charge is 2.68. The molecule has 0 spiro atoms. The zero-order chi connectivity index (χ0) is 23.7. The van der Waals surface area contributed by atoms with Gasteiger partial charge in [-0.2, -0.15) is 0 Å². The maximum atomic E-state index is 13.1. The van der Waals surface area contributed by atoms with Crippen LogP contribution in [0.15, 0.2) is 29.9 Å². The Morgan fingerprint density at radius 3 is 1.84 bits per heavy atom. The molecule has 1 heterocycles. The van der Waals surface area contributed by atoms with Crippen molar-refractivity contribution in [1.29, 1.82) is 0 Å². The van der Waals surface area contributed by atoms with E-state index in [0.29, 0.717) is 16.7 Å². The SMILES string of the molecule is Cc1cc(C2=CC(=O)C(=O)C(C(C)(C)C)=C2)cc(C)c1C1=[N+]([O-])C(C)(C)C(C)(C)[N+]1=O. The van der Waals surface area contributed by atoms with Gasteiger partial charge in [-0.05, 0) is 53.7 Å². The number of ketones is 2. The Kier molecular flexibility index (Phi) is 5.00. The van der Waals surface area contributed by atoms with Gasteiger partial charge in [0.2, 0.25) is 17.1 Å². The number of nitrogens with zero attached hydrogens (tertiary/aromatic N) is 2. The van der Waals surface area contributed by atoms with Gasteiger partial charge in [-0.25, -0.2) is 0 Å². The third kappa shape index (κ3) is 3.29. The van der Waals surface area contributed by atoms with E-state index < -0.39 is 28.1 Å². The first-order chi connectivity index (χ1) is 14.0. The summed E-state index contributed by atoms with van der Waals surface area (Å²) in [6.45, 7) is 16.5. The Morgan fingerprint density at radius 1 is 0.903 bits per heavy atom. The van der Waals surface area contributed by atoms with E-state index in [1.54, 1.807) is 33.8 Å². The second-order valence-electron chi connectivity index (χ2n) is 10.6. The number of hydroxylamine groups is 1. The van der Waals surface area contributed by atoms with Crippen LogP contribution in [-0.2, 0) is 9.59 Å². The standard InChI is InChI=1S/C25H31N2O4/c1-14-10-16(17-12-18(23(3,4)5)21(29)19(28)13-17)11-15(2)20(14)22-26(30)24(6,7)25(8,9)27(22)31/h10-13H,1-9H3/q+1. The third-order valence-electron chi connectivity index (χ3n) is 6.85. The van der Waals surface area contributed by atoms with Gasteiger partial charge in [0.05, 0.1) is 0 Å². The van der Waals surface area contributed by atoms with Gasteiger partial charge < -0.3 is 5.21 Å². The highest BCUT2D eigenvalue weighted by molar-refractivity contribution is 6.50. The first-order valence-electron chi connectivity index (χ1n) is 10.5. The number of rotatable bonds is 2. The number of hydrogen-bond donors (Lipinski definition) is 0. The van der Waals surface area contributed by atoms with Crippen LogP contribution in [-0.4, -0.2) is 38.0 Å². The second kappa shape index (κ2) is 6.81. The number of aryl methyl sites for hydroxylation is 2. The average Bonchev–Trinajstić information content (AvgIpc) is 2.74. The predicted octanol–water partition coefficient (Wildman–Crippen LogP) is 4.42. The summed E-state index contributed by atoms with van der Waals surface area (Å²) in [4.78, 5) is 37.8. The zero-order valence-corrected chi connectivity index (χ0v) is 19.8. The summed E-state index contributed by atoms with van der Waals surface area (Å²) in [7, 11) is 0. The molecule has 1 aromatic carbocycles. The largest absolute Gasteiger partial charge is 0.618 e. The minimum absolute atomic E-state index is 0.103. The van der Waals surface area contributed by atoms with Gasteiger partial charge in [-0.1, -0.05) is 32.9 Å². The van der Waals surface area contributed by atoms with Crippen LogP contribution in [0, 0.1) is 29.4 Å². The molecule has 0 saturated carbocycles. The molecular formula is C25H31N2O4+. The molecular weight excluding hydrogens is 392 g/mol. The smallest absolute Gasteiger partial charge is 0.505 e. The van der Waals surface area contributed by atoms with Crippen molar-refractivity contribution in [3.8, 4) is 0 Å². The Labute approximate surface area is 183 Å². The Bertz CT molecular complexity index is 1120. The third-order valence-corrected chi connectivity index (χ3v) is 6.85. The number of carbonyl (C=O) groups excluding carboxylic acids is 2. The summed E-state index contributed by atoms with van der Waals surface area (Å²) in [6, 6.07) is 3.72. The van der Waals surface area contributed by atoms with Crippen LogP contribution in [0.4, 0.5) is 0 Å². The molecule has 0 amide bonds. The monoisotopic (exact) mass is 423 g/mol. The van der Waals surface area contributed by atoms with Gasteiger partial charge in [0.15, 0.2) is 0 Å². The molecule has 1 aliphatic heterocycles. The molecule has 2 aliphatic rings. The summed E-state index contributed by atoms with van der Waals surface area (Å²) in [6.07, 6.45) is 3.13. The summed E-state index contributed by atoms with van der Waals surface area (Å²) < 4.78 is 1.63. The first-order valence-corrected chi connectivity index (χ1v) is 10.5. The summed E-state index contributed by atoms with van der Waals surface area (Å²) >= 11 is 0. The number of carbonyl (C=O) groups is 2. The van der Waals surface area contributed by atoms with Crippen molar-refractivity contribution in [1.82, 2.24) is 0 Å². The van der Waals surface area contributed by atoms with Crippen molar-refractivity contribution < 1.29 is 19.1 Å². The Hall–Kier alpha value is -2.89. The highest BCUT2D eigenvalue weighted by Crippen LogP contribution is 2.38. The fourth-order valence-corrected chi connectivity index (χ4v) is 4.12. The topological polar surface area (TPSA) is 80.3 Å². The van der Waals surface area contributed by atoms with E-state index in [0.717, 1.165) is 26.2 Å². The van der Waals surface area contributed by atoms with Gasteiger partial charge in [0.25, 0.3) is 5.54 Å². The Morgan fingerprint density at radius 2 is 1.42 bits per heavy atom. The number of nitroso groups, excluding NO2 is 1. The molecule has 6 heteroatoms. The predicted molar refractivity (Wildman–Crippen MR) is 121 cm³/mol. The molecule has 0 N–H and O–H groups in total. The van der Waals surface area contributed by atoms with Crippen molar-refractivity contribution in [2.24, 2.45) is 5.41 Å². The fraction of sp³-hybridized carbons (Fsp3) is 0.480. The molecule has 0 radical (unpaired) electrons. The van der Waals surface area contributed by atoms with Crippen LogP contribution >= 0.6 is 0 Å². The van der Waals surface area contributed by atoms with E-state index >= 15 is 0 Å². The van der Waals surface area contributed by atoms with Crippen molar-refractivity contribution >= 4 is 23.0 Å². The molecule has 0 saturated heterocycles. The van der Waals surface area contributed by atoms with Gasteiger partial charge in [-0.15, -0.1) is 4.74 Å². The molecule has 1 aromatic rings. The quantitative estimate of drug-likeness (QED) is 0.305. The van der Waals surface area contributed by atoms with Crippen LogP contribution in [0.2, 0.25) is 0 Å².